The zero-order chi connectivity index (χ0) is 19.3. The van der Waals surface area contributed by atoms with Gasteiger partial charge in [-0.3, -0.25) is 14.5 Å². The summed E-state index contributed by atoms with van der Waals surface area (Å²) in [6, 6.07) is 2.40. The highest BCUT2D eigenvalue weighted by Crippen LogP contribution is 2.34. The molecular weight excluding hydrogens is 374 g/mol. The SMILES string of the molecule is C[C@H]1[C@H](NC(=O)c2cc3c(N4CCNCC4=O)csc3cn2)C2CCN1CC2. The number of nitrogens with one attached hydrogen (secondary N) is 2. The Kier molecular flexibility index (Phi) is 4.57. The van der Waals surface area contributed by atoms with Crippen LogP contribution >= 0.6 is 11.3 Å². The highest BCUT2D eigenvalue weighted by Gasteiger charge is 2.40. The van der Waals surface area contributed by atoms with Gasteiger partial charge in [0.15, 0.2) is 0 Å². The first-order valence-corrected chi connectivity index (χ1v) is 10.9. The van der Waals surface area contributed by atoms with E-state index in [-0.39, 0.29) is 17.9 Å². The maximum Gasteiger partial charge on any atom is 0.270 e. The zero-order valence-electron chi connectivity index (χ0n) is 16.0. The van der Waals surface area contributed by atoms with Gasteiger partial charge in [0.2, 0.25) is 5.91 Å². The third-order valence-electron chi connectivity index (χ3n) is 6.53. The van der Waals surface area contributed by atoms with Gasteiger partial charge in [-0.1, -0.05) is 0 Å². The predicted molar refractivity (Wildman–Crippen MR) is 110 cm³/mol. The van der Waals surface area contributed by atoms with E-state index in [1.165, 1.54) is 0 Å². The van der Waals surface area contributed by atoms with Crippen LogP contribution in [-0.4, -0.2) is 66.5 Å². The van der Waals surface area contributed by atoms with E-state index in [4.69, 9.17) is 0 Å². The van der Waals surface area contributed by atoms with E-state index < -0.39 is 0 Å². The van der Waals surface area contributed by atoms with Gasteiger partial charge >= 0.3 is 0 Å². The molecule has 0 saturated carbocycles. The number of piperidine rings is 3. The van der Waals surface area contributed by atoms with Crippen LogP contribution in [0.2, 0.25) is 0 Å². The number of nitrogens with zero attached hydrogens (tertiary/aromatic N) is 3. The Labute approximate surface area is 168 Å². The first kappa shape index (κ1) is 18.0. The molecule has 148 valence electrons. The van der Waals surface area contributed by atoms with Crippen molar-refractivity contribution in [3.8, 4) is 0 Å². The van der Waals surface area contributed by atoms with Crippen LogP contribution in [0.25, 0.3) is 10.1 Å². The molecule has 2 atom stereocenters. The summed E-state index contributed by atoms with van der Waals surface area (Å²) in [5.41, 5.74) is 1.32. The number of piperazine rings is 1. The van der Waals surface area contributed by atoms with Crippen LogP contribution in [0.4, 0.5) is 5.69 Å². The van der Waals surface area contributed by atoms with Crippen molar-refractivity contribution in [1.29, 1.82) is 0 Å². The summed E-state index contributed by atoms with van der Waals surface area (Å²) in [5, 5.41) is 9.27. The van der Waals surface area contributed by atoms with Crippen LogP contribution in [0, 0.1) is 5.92 Å². The largest absolute Gasteiger partial charge is 0.346 e. The number of pyridine rings is 1. The number of carbonyl (C=O) groups excluding carboxylic acids is 2. The quantitative estimate of drug-likeness (QED) is 0.817. The number of fused-ring (bicyclic) bond motifs is 4. The molecule has 6 rings (SSSR count). The highest BCUT2D eigenvalue weighted by molar-refractivity contribution is 7.17. The molecule has 2 aromatic heterocycles. The van der Waals surface area contributed by atoms with E-state index in [0.717, 1.165) is 48.2 Å². The van der Waals surface area contributed by atoms with Crippen molar-refractivity contribution in [3.05, 3.63) is 23.3 Å². The number of hydrogen-bond acceptors (Lipinski definition) is 6. The van der Waals surface area contributed by atoms with Crippen molar-refractivity contribution >= 4 is 38.9 Å². The first-order chi connectivity index (χ1) is 13.6. The summed E-state index contributed by atoms with van der Waals surface area (Å²) >= 11 is 1.56. The second kappa shape index (κ2) is 7.09. The summed E-state index contributed by atoms with van der Waals surface area (Å²) in [6.07, 6.45) is 4.06. The molecule has 4 fully saturated rings. The molecule has 2 aromatic rings. The average molecular weight is 400 g/mol. The number of thiophene rings is 1. The topological polar surface area (TPSA) is 77.6 Å². The first-order valence-electron chi connectivity index (χ1n) is 10.0. The van der Waals surface area contributed by atoms with Gasteiger partial charge in [0.1, 0.15) is 5.69 Å². The molecule has 0 aliphatic carbocycles. The molecule has 0 aromatic carbocycles. The number of aromatic nitrogens is 1. The van der Waals surface area contributed by atoms with E-state index in [0.29, 0.717) is 30.7 Å². The molecule has 4 saturated heterocycles. The Bertz CT molecular complexity index is 918. The maximum atomic E-state index is 13.0. The summed E-state index contributed by atoms with van der Waals surface area (Å²) in [5.74, 6) is 0.508. The van der Waals surface area contributed by atoms with Crippen LogP contribution in [-0.2, 0) is 4.79 Å². The Morgan fingerprint density at radius 3 is 2.89 bits per heavy atom. The normalized spacial score (nSPS) is 30.0. The van der Waals surface area contributed by atoms with Crippen LogP contribution in [0.15, 0.2) is 17.6 Å². The summed E-state index contributed by atoms with van der Waals surface area (Å²) in [6.45, 7) is 6.26. The number of hydrogen-bond donors (Lipinski definition) is 2. The number of rotatable bonds is 3. The molecule has 8 heteroatoms. The molecule has 7 nitrogen and oxygen atoms in total. The summed E-state index contributed by atoms with van der Waals surface area (Å²) in [7, 11) is 0. The molecule has 2 N–H and O–H groups in total. The Morgan fingerprint density at radius 1 is 1.32 bits per heavy atom. The van der Waals surface area contributed by atoms with Crippen LogP contribution in [0.1, 0.15) is 30.3 Å². The minimum Gasteiger partial charge on any atom is -0.346 e. The zero-order valence-corrected chi connectivity index (χ0v) is 16.8. The van der Waals surface area contributed by atoms with E-state index >= 15 is 0 Å². The lowest BCUT2D eigenvalue weighted by Gasteiger charge is -2.49. The molecule has 0 spiro atoms. The third kappa shape index (κ3) is 3.00. The Balaban J connectivity index is 1.40. The second-order valence-electron chi connectivity index (χ2n) is 8.02. The average Bonchev–Trinajstić information content (AvgIpc) is 3.14. The summed E-state index contributed by atoms with van der Waals surface area (Å²) < 4.78 is 0.995. The fourth-order valence-electron chi connectivity index (χ4n) is 4.88. The predicted octanol–water partition coefficient (Wildman–Crippen LogP) is 1.45. The Hall–Kier alpha value is -2.03. The molecule has 28 heavy (non-hydrogen) atoms. The van der Waals surface area contributed by atoms with Crippen LogP contribution < -0.4 is 15.5 Å². The van der Waals surface area contributed by atoms with Crippen molar-refractivity contribution in [2.75, 3.05) is 37.6 Å². The van der Waals surface area contributed by atoms with Crippen LogP contribution in [0.3, 0.4) is 0 Å². The van der Waals surface area contributed by atoms with Gasteiger partial charge < -0.3 is 15.5 Å². The van der Waals surface area contributed by atoms with Crippen molar-refractivity contribution in [2.24, 2.45) is 5.92 Å². The molecule has 2 amide bonds. The second-order valence-corrected chi connectivity index (χ2v) is 8.93. The fourth-order valence-corrected chi connectivity index (χ4v) is 5.78. The standard InChI is InChI=1S/C20H25N5O2S/c1-12-19(13-2-5-24(12)6-3-13)23-20(27)15-8-14-16(11-28-17(14)9-22-15)25-7-4-21-10-18(25)26/h8-9,11-13,19,21H,2-7,10H2,1H3,(H,23,27)/t12-,19-/m0/s1. The third-order valence-corrected chi connectivity index (χ3v) is 7.45. The Morgan fingerprint density at radius 2 is 2.14 bits per heavy atom. The number of amides is 2. The molecular formula is C20H25N5O2S. The van der Waals surface area contributed by atoms with E-state index in [2.05, 4.69) is 27.4 Å². The minimum atomic E-state index is -0.115. The molecule has 4 aliphatic heterocycles. The van der Waals surface area contributed by atoms with Crippen LogP contribution in [0.5, 0.6) is 0 Å². The lowest BCUT2D eigenvalue weighted by Crippen LogP contribution is -2.62. The monoisotopic (exact) mass is 399 g/mol. The molecule has 2 bridgehead atoms. The molecule has 0 radical (unpaired) electrons. The van der Waals surface area contributed by atoms with E-state index in [1.54, 1.807) is 17.5 Å². The minimum absolute atomic E-state index is 0.0647. The van der Waals surface area contributed by atoms with E-state index in [9.17, 15) is 9.59 Å². The van der Waals surface area contributed by atoms with Gasteiger partial charge in [-0.05, 0) is 44.8 Å². The molecule has 4 aliphatic rings. The fraction of sp³-hybridized carbons (Fsp3) is 0.550. The van der Waals surface area contributed by atoms with Crippen molar-refractivity contribution < 1.29 is 9.59 Å². The van der Waals surface area contributed by atoms with Crippen molar-refractivity contribution in [3.63, 3.8) is 0 Å². The van der Waals surface area contributed by atoms with Gasteiger partial charge in [0.25, 0.3) is 5.91 Å². The maximum absolute atomic E-state index is 13.0. The number of anilines is 1. The van der Waals surface area contributed by atoms with Gasteiger partial charge in [0.05, 0.1) is 16.9 Å². The smallest absolute Gasteiger partial charge is 0.270 e. The highest BCUT2D eigenvalue weighted by atomic mass is 32.1. The van der Waals surface area contributed by atoms with Gasteiger partial charge in [-0.25, -0.2) is 4.98 Å². The molecule has 0 unspecified atom stereocenters. The number of carbonyl (C=O) groups is 2. The van der Waals surface area contributed by atoms with Gasteiger partial charge in [0, 0.05) is 42.1 Å². The van der Waals surface area contributed by atoms with E-state index in [1.807, 2.05) is 16.3 Å². The van der Waals surface area contributed by atoms with Gasteiger partial charge in [-0.2, -0.15) is 0 Å². The van der Waals surface area contributed by atoms with Crippen molar-refractivity contribution in [1.82, 2.24) is 20.5 Å². The van der Waals surface area contributed by atoms with Crippen molar-refractivity contribution in [2.45, 2.75) is 31.8 Å². The van der Waals surface area contributed by atoms with Gasteiger partial charge in [-0.15, -0.1) is 11.3 Å². The summed E-state index contributed by atoms with van der Waals surface area (Å²) in [4.78, 5) is 34.0. The molecule has 6 heterocycles. The lowest BCUT2D eigenvalue weighted by molar-refractivity contribution is -0.118. The lowest BCUT2D eigenvalue weighted by atomic mass is 9.79.